The van der Waals surface area contributed by atoms with E-state index >= 15 is 0 Å². The molecule has 144 valence electrons. The molecule has 2 atom stereocenters. The van der Waals surface area contributed by atoms with Crippen molar-refractivity contribution in [3.8, 4) is 0 Å². The lowest BCUT2D eigenvalue weighted by Crippen LogP contribution is -2.34. The Morgan fingerprint density at radius 2 is 1.44 bits per heavy atom. The summed E-state index contributed by atoms with van der Waals surface area (Å²) in [5.41, 5.74) is 0. The molecular formula is C21H36O4. The van der Waals surface area contributed by atoms with Gasteiger partial charge in [0.1, 0.15) is 0 Å². The number of hydrogen-bond donors (Lipinski definition) is 0. The highest BCUT2D eigenvalue weighted by atomic mass is 16.5. The third-order valence-electron chi connectivity index (χ3n) is 5.15. The molecule has 0 N–H and O–H groups in total. The summed E-state index contributed by atoms with van der Waals surface area (Å²) < 4.78 is 10.9. The topological polar surface area (TPSA) is 52.6 Å². The van der Waals surface area contributed by atoms with Crippen LogP contribution in [0.2, 0.25) is 0 Å². The Labute approximate surface area is 153 Å². The molecule has 0 aromatic rings. The van der Waals surface area contributed by atoms with Gasteiger partial charge in [-0.15, -0.1) is 0 Å². The Morgan fingerprint density at radius 1 is 0.880 bits per heavy atom. The van der Waals surface area contributed by atoms with Gasteiger partial charge in [-0.2, -0.15) is 0 Å². The van der Waals surface area contributed by atoms with E-state index in [1.807, 2.05) is 12.2 Å². The molecule has 4 nitrogen and oxygen atoms in total. The lowest BCUT2D eigenvalue weighted by molar-refractivity contribution is -0.161. The minimum Gasteiger partial charge on any atom is -0.465 e. The average molecular weight is 353 g/mol. The largest absolute Gasteiger partial charge is 0.465 e. The van der Waals surface area contributed by atoms with E-state index in [9.17, 15) is 9.59 Å². The maximum Gasteiger partial charge on any atom is 0.310 e. The fourth-order valence-corrected chi connectivity index (χ4v) is 3.15. The van der Waals surface area contributed by atoms with Crippen molar-refractivity contribution in [3.05, 3.63) is 12.2 Å². The van der Waals surface area contributed by atoms with Crippen LogP contribution in [-0.4, -0.2) is 25.2 Å². The summed E-state index contributed by atoms with van der Waals surface area (Å²) in [6.45, 7) is 7.29. The molecule has 0 aromatic heterocycles. The standard InChI is InChI=1S/C21H36O4/c1-4-7-8-9-12-15-24-20(22)18-13-10-11-14-19(18)21(23)25-16-17(5-2)6-3/h10-11,17-19H,4-9,12-16H2,1-3H3. The molecule has 4 heteroatoms. The van der Waals surface area contributed by atoms with Gasteiger partial charge in [-0.1, -0.05) is 71.4 Å². The molecule has 1 rings (SSSR count). The zero-order valence-corrected chi connectivity index (χ0v) is 16.3. The first-order valence-electron chi connectivity index (χ1n) is 10.1. The normalized spacial score (nSPS) is 19.8. The average Bonchev–Trinajstić information content (AvgIpc) is 2.65. The van der Waals surface area contributed by atoms with Gasteiger partial charge in [0.15, 0.2) is 0 Å². The summed E-state index contributed by atoms with van der Waals surface area (Å²) in [6.07, 6.45) is 12.7. The molecule has 0 fully saturated rings. The van der Waals surface area contributed by atoms with Crippen molar-refractivity contribution < 1.29 is 19.1 Å². The van der Waals surface area contributed by atoms with Gasteiger partial charge in [0, 0.05) is 0 Å². The number of ether oxygens (including phenoxy) is 2. The van der Waals surface area contributed by atoms with Crippen molar-refractivity contribution in [2.45, 2.75) is 78.6 Å². The Kier molecular flexibility index (Phi) is 11.3. The van der Waals surface area contributed by atoms with Crippen LogP contribution in [0.25, 0.3) is 0 Å². The second kappa shape index (κ2) is 13.0. The number of esters is 2. The molecule has 1 aliphatic rings. The van der Waals surface area contributed by atoms with Gasteiger partial charge >= 0.3 is 11.9 Å². The maximum absolute atomic E-state index is 12.4. The third kappa shape index (κ3) is 8.06. The quantitative estimate of drug-likeness (QED) is 0.280. The predicted octanol–water partition coefficient (Wildman–Crippen LogP) is 5.06. The van der Waals surface area contributed by atoms with Crippen LogP contribution < -0.4 is 0 Å². The highest BCUT2D eigenvalue weighted by molar-refractivity contribution is 5.82. The fraction of sp³-hybridized carbons (Fsp3) is 0.810. The van der Waals surface area contributed by atoms with E-state index in [1.54, 1.807) is 0 Å². The fourth-order valence-electron chi connectivity index (χ4n) is 3.15. The van der Waals surface area contributed by atoms with Crippen molar-refractivity contribution in [2.24, 2.45) is 17.8 Å². The van der Waals surface area contributed by atoms with E-state index in [2.05, 4.69) is 20.8 Å². The zero-order valence-electron chi connectivity index (χ0n) is 16.3. The van der Waals surface area contributed by atoms with Crippen LogP contribution in [0.5, 0.6) is 0 Å². The van der Waals surface area contributed by atoms with E-state index in [0.717, 1.165) is 25.7 Å². The summed E-state index contributed by atoms with van der Waals surface area (Å²) >= 11 is 0. The molecule has 1 aliphatic carbocycles. The molecule has 0 amide bonds. The van der Waals surface area contributed by atoms with Crippen LogP contribution in [0, 0.1) is 17.8 Å². The van der Waals surface area contributed by atoms with Gasteiger partial charge in [0.25, 0.3) is 0 Å². The SMILES string of the molecule is CCCCCCCOC(=O)C1CC=CCC1C(=O)OCC(CC)CC. The van der Waals surface area contributed by atoms with E-state index in [-0.39, 0.29) is 11.9 Å². The molecular weight excluding hydrogens is 316 g/mol. The number of hydrogen-bond acceptors (Lipinski definition) is 4. The summed E-state index contributed by atoms with van der Waals surface area (Å²) in [4.78, 5) is 24.8. The van der Waals surface area contributed by atoms with Gasteiger partial charge < -0.3 is 9.47 Å². The minimum absolute atomic E-state index is 0.246. The molecule has 0 aliphatic heterocycles. The molecule has 2 unspecified atom stereocenters. The van der Waals surface area contributed by atoms with Gasteiger partial charge in [-0.05, 0) is 25.2 Å². The predicted molar refractivity (Wildman–Crippen MR) is 100 cm³/mol. The van der Waals surface area contributed by atoms with Crippen LogP contribution in [0.3, 0.4) is 0 Å². The van der Waals surface area contributed by atoms with Crippen molar-refractivity contribution in [2.75, 3.05) is 13.2 Å². The van der Waals surface area contributed by atoms with Crippen LogP contribution in [-0.2, 0) is 19.1 Å². The Bertz CT molecular complexity index is 412. The number of allylic oxidation sites excluding steroid dienone is 2. The third-order valence-corrected chi connectivity index (χ3v) is 5.15. The second-order valence-electron chi connectivity index (χ2n) is 7.05. The first-order valence-corrected chi connectivity index (χ1v) is 10.1. The van der Waals surface area contributed by atoms with Gasteiger partial charge in [0.05, 0.1) is 25.0 Å². The van der Waals surface area contributed by atoms with Crippen molar-refractivity contribution in [1.82, 2.24) is 0 Å². The number of carbonyl (C=O) groups excluding carboxylic acids is 2. The molecule has 0 spiro atoms. The Hall–Kier alpha value is -1.32. The second-order valence-corrected chi connectivity index (χ2v) is 7.05. The molecule has 0 saturated carbocycles. The Morgan fingerprint density at radius 3 is 2.00 bits per heavy atom. The summed E-state index contributed by atoms with van der Waals surface area (Å²) in [5, 5.41) is 0. The summed E-state index contributed by atoms with van der Waals surface area (Å²) in [7, 11) is 0. The van der Waals surface area contributed by atoms with Gasteiger partial charge in [0.2, 0.25) is 0 Å². The molecule has 0 radical (unpaired) electrons. The van der Waals surface area contributed by atoms with E-state index in [0.29, 0.717) is 32.0 Å². The number of unbranched alkanes of at least 4 members (excludes halogenated alkanes) is 4. The zero-order chi connectivity index (χ0) is 18.5. The smallest absolute Gasteiger partial charge is 0.310 e. The van der Waals surface area contributed by atoms with Crippen LogP contribution in [0.1, 0.15) is 78.6 Å². The van der Waals surface area contributed by atoms with Crippen LogP contribution in [0.4, 0.5) is 0 Å². The highest BCUT2D eigenvalue weighted by Crippen LogP contribution is 2.28. The summed E-state index contributed by atoms with van der Waals surface area (Å²) in [6, 6.07) is 0. The van der Waals surface area contributed by atoms with Crippen LogP contribution >= 0.6 is 0 Å². The van der Waals surface area contributed by atoms with Crippen LogP contribution in [0.15, 0.2) is 12.2 Å². The van der Waals surface area contributed by atoms with Gasteiger partial charge in [-0.3, -0.25) is 9.59 Å². The molecule has 0 bridgehead atoms. The molecule has 0 saturated heterocycles. The number of carbonyl (C=O) groups is 2. The number of rotatable bonds is 12. The Balaban J connectivity index is 2.42. The van der Waals surface area contributed by atoms with Crippen molar-refractivity contribution in [1.29, 1.82) is 0 Å². The lowest BCUT2D eigenvalue weighted by Gasteiger charge is -2.26. The van der Waals surface area contributed by atoms with Gasteiger partial charge in [-0.25, -0.2) is 0 Å². The maximum atomic E-state index is 12.4. The van der Waals surface area contributed by atoms with E-state index < -0.39 is 11.8 Å². The lowest BCUT2D eigenvalue weighted by atomic mass is 9.83. The highest BCUT2D eigenvalue weighted by Gasteiger charge is 2.36. The molecule has 25 heavy (non-hydrogen) atoms. The van der Waals surface area contributed by atoms with E-state index in [1.165, 1.54) is 19.3 Å². The van der Waals surface area contributed by atoms with Crippen molar-refractivity contribution in [3.63, 3.8) is 0 Å². The minimum atomic E-state index is -0.396. The summed E-state index contributed by atoms with van der Waals surface area (Å²) in [5.74, 6) is -0.885. The first-order chi connectivity index (χ1) is 12.1. The van der Waals surface area contributed by atoms with E-state index in [4.69, 9.17) is 9.47 Å². The molecule has 0 aromatic carbocycles. The molecule has 0 heterocycles. The van der Waals surface area contributed by atoms with Crippen molar-refractivity contribution >= 4 is 11.9 Å². The first kappa shape index (κ1) is 21.7. The monoisotopic (exact) mass is 352 g/mol.